The summed E-state index contributed by atoms with van der Waals surface area (Å²) < 4.78 is 0. The van der Waals surface area contributed by atoms with Crippen LogP contribution in [0.4, 0.5) is 5.69 Å². The Morgan fingerprint density at radius 2 is 1.64 bits per heavy atom. The number of halogens is 1. The summed E-state index contributed by atoms with van der Waals surface area (Å²) >= 11 is 5.80. The molecule has 0 bridgehead atoms. The van der Waals surface area contributed by atoms with E-state index in [0.717, 1.165) is 16.8 Å². The third kappa shape index (κ3) is 6.77. The van der Waals surface area contributed by atoms with Crippen LogP contribution in [0.1, 0.15) is 24.5 Å². The van der Waals surface area contributed by atoms with Crippen molar-refractivity contribution in [3.8, 4) is 0 Å². The molecule has 2 rings (SSSR count). The molecule has 2 aromatic carbocycles. The zero-order chi connectivity index (χ0) is 18.2. The third-order valence-corrected chi connectivity index (χ3v) is 3.65. The van der Waals surface area contributed by atoms with Crippen molar-refractivity contribution in [2.45, 2.75) is 26.7 Å². The summed E-state index contributed by atoms with van der Waals surface area (Å²) in [5.41, 5.74) is 5.68. The Morgan fingerprint density at radius 1 is 1.00 bits per heavy atom. The predicted molar refractivity (Wildman–Crippen MR) is 101 cm³/mol. The summed E-state index contributed by atoms with van der Waals surface area (Å²) in [7, 11) is 0. The van der Waals surface area contributed by atoms with E-state index in [-0.39, 0.29) is 24.7 Å². The highest BCUT2D eigenvalue weighted by Crippen LogP contribution is 2.10. The molecule has 0 spiro atoms. The molecule has 2 N–H and O–H groups in total. The van der Waals surface area contributed by atoms with Gasteiger partial charge in [0.15, 0.2) is 0 Å². The van der Waals surface area contributed by atoms with Crippen molar-refractivity contribution < 1.29 is 9.59 Å². The van der Waals surface area contributed by atoms with Gasteiger partial charge in [-0.15, -0.1) is 0 Å². The van der Waals surface area contributed by atoms with Crippen LogP contribution in [-0.2, 0) is 16.0 Å². The molecule has 2 aromatic rings. The summed E-state index contributed by atoms with van der Waals surface area (Å²) in [6, 6.07) is 14.6. The lowest BCUT2D eigenvalue weighted by Gasteiger charge is -2.06. The molecule has 0 fully saturated rings. The van der Waals surface area contributed by atoms with Crippen molar-refractivity contribution in [2.24, 2.45) is 5.10 Å². The Bertz CT molecular complexity index is 768. The molecular weight excluding hydrogens is 338 g/mol. The first-order valence-corrected chi connectivity index (χ1v) is 8.23. The Balaban J connectivity index is 1.79. The maximum absolute atomic E-state index is 12.0. The fraction of sp³-hybridized carbons (Fsp3) is 0.211. The quantitative estimate of drug-likeness (QED) is 0.611. The lowest BCUT2D eigenvalue weighted by atomic mass is 10.1. The smallest absolute Gasteiger partial charge is 0.244 e. The van der Waals surface area contributed by atoms with Crippen molar-refractivity contribution in [1.29, 1.82) is 0 Å². The Kier molecular flexibility index (Phi) is 6.71. The SMILES string of the molecule is CC(CC(=O)Nc1ccc(C)cc1)=NNC(=O)Cc1ccc(Cl)cc1. The van der Waals surface area contributed by atoms with E-state index in [1.165, 1.54) is 0 Å². The minimum atomic E-state index is -0.249. The first-order valence-electron chi connectivity index (χ1n) is 7.85. The van der Waals surface area contributed by atoms with Crippen molar-refractivity contribution in [2.75, 3.05) is 5.32 Å². The van der Waals surface area contributed by atoms with Gasteiger partial charge in [0.05, 0.1) is 12.8 Å². The topological polar surface area (TPSA) is 70.6 Å². The molecule has 0 aromatic heterocycles. The van der Waals surface area contributed by atoms with Gasteiger partial charge in [-0.3, -0.25) is 9.59 Å². The van der Waals surface area contributed by atoms with Gasteiger partial charge in [0.25, 0.3) is 0 Å². The number of carbonyl (C=O) groups is 2. The molecule has 0 radical (unpaired) electrons. The number of hydrazone groups is 1. The number of aryl methyl sites for hydroxylation is 1. The lowest BCUT2D eigenvalue weighted by molar-refractivity contribution is -0.120. The number of nitrogens with zero attached hydrogens (tertiary/aromatic N) is 1. The fourth-order valence-corrected chi connectivity index (χ4v) is 2.22. The molecule has 0 aliphatic carbocycles. The van der Waals surface area contributed by atoms with Crippen LogP contribution in [0.25, 0.3) is 0 Å². The molecule has 0 heterocycles. The maximum Gasteiger partial charge on any atom is 0.244 e. The van der Waals surface area contributed by atoms with Gasteiger partial charge in [0.1, 0.15) is 0 Å². The molecule has 6 heteroatoms. The van der Waals surface area contributed by atoms with Crippen LogP contribution < -0.4 is 10.7 Å². The van der Waals surface area contributed by atoms with Crippen LogP contribution in [0.15, 0.2) is 53.6 Å². The standard InChI is InChI=1S/C19H20ClN3O2/c1-13-3-9-17(10-4-13)21-18(24)11-14(2)22-23-19(25)12-15-5-7-16(20)8-6-15/h3-10H,11-12H2,1-2H3,(H,21,24)(H,23,25). The van der Waals surface area contributed by atoms with Gasteiger partial charge in [0.2, 0.25) is 11.8 Å². The van der Waals surface area contributed by atoms with Gasteiger partial charge < -0.3 is 5.32 Å². The molecule has 130 valence electrons. The number of benzene rings is 2. The average Bonchev–Trinajstić information content (AvgIpc) is 2.57. The first-order chi connectivity index (χ1) is 11.9. The van der Waals surface area contributed by atoms with Gasteiger partial charge in [-0.2, -0.15) is 5.10 Å². The van der Waals surface area contributed by atoms with Crippen molar-refractivity contribution in [1.82, 2.24) is 5.43 Å². The van der Waals surface area contributed by atoms with E-state index < -0.39 is 0 Å². The van der Waals surface area contributed by atoms with E-state index in [1.54, 1.807) is 31.2 Å². The average molecular weight is 358 g/mol. The fourth-order valence-electron chi connectivity index (χ4n) is 2.10. The van der Waals surface area contributed by atoms with Gasteiger partial charge in [-0.1, -0.05) is 41.4 Å². The molecule has 0 atom stereocenters. The van der Waals surface area contributed by atoms with Gasteiger partial charge in [-0.25, -0.2) is 5.43 Å². The maximum atomic E-state index is 12.0. The molecule has 0 saturated heterocycles. The molecular formula is C19H20ClN3O2. The molecule has 0 aliphatic rings. The molecule has 0 aliphatic heterocycles. The minimum absolute atomic E-state index is 0.106. The number of anilines is 1. The van der Waals surface area contributed by atoms with Crippen molar-refractivity contribution in [3.63, 3.8) is 0 Å². The number of hydrogen-bond donors (Lipinski definition) is 2. The zero-order valence-corrected chi connectivity index (χ0v) is 14.9. The number of carbonyl (C=O) groups excluding carboxylic acids is 2. The van der Waals surface area contributed by atoms with Crippen LogP contribution in [0.2, 0.25) is 5.02 Å². The van der Waals surface area contributed by atoms with Crippen molar-refractivity contribution in [3.05, 3.63) is 64.7 Å². The zero-order valence-electron chi connectivity index (χ0n) is 14.2. The van der Waals surface area contributed by atoms with E-state index in [4.69, 9.17) is 11.6 Å². The van der Waals surface area contributed by atoms with E-state index >= 15 is 0 Å². The first kappa shape index (κ1) is 18.7. The monoisotopic (exact) mass is 357 g/mol. The molecule has 5 nitrogen and oxygen atoms in total. The van der Waals surface area contributed by atoms with E-state index in [2.05, 4.69) is 15.8 Å². The summed E-state index contributed by atoms with van der Waals surface area (Å²) in [6.07, 6.45) is 0.304. The Morgan fingerprint density at radius 3 is 2.28 bits per heavy atom. The second-order valence-electron chi connectivity index (χ2n) is 5.78. The summed E-state index contributed by atoms with van der Waals surface area (Å²) in [6.45, 7) is 3.67. The summed E-state index contributed by atoms with van der Waals surface area (Å²) in [4.78, 5) is 23.8. The summed E-state index contributed by atoms with van der Waals surface area (Å²) in [5.74, 6) is -0.433. The van der Waals surface area contributed by atoms with Gasteiger partial charge in [-0.05, 0) is 43.7 Å². The second-order valence-corrected chi connectivity index (χ2v) is 6.21. The second kappa shape index (κ2) is 8.99. The van der Waals surface area contributed by atoms with Crippen LogP contribution >= 0.6 is 11.6 Å². The number of nitrogens with one attached hydrogen (secondary N) is 2. The van der Waals surface area contributed by atoms with E-state index in [0.29, 0.717) is 10.7 Å². The normalized spacial score (nSPS) is 11.1. The minimum Gasteiger partial charge on any atom is -0.326 e. The van der Waals surface area contributed by atoms with Crippen LogP contribution in [0.5, 0.6) is 0 Å². The van der Waals surface area contributed by atoms with E-state index in [9.17, 15) is 9.59 Å². The number of amides is 2. The highest BCUT2D eigenvalue weighted by molar-refractivity contribution is 6.30. The van der Waals surface area contributed by atoms with Crippen LogP contribution in [0.3, 0.4) is 0 Å². The highest BCUT2D eigenvalue weighted by atomic mass is 35.5. The van der Waals surface area contributed by atoms with Crippen molar-refractivity contribution >= 4 is 34.8 Å². The lowest BCUT2D eigenvalue weighted by Crippen LogP contribution is -2.22. The Hall–Kier alpha value is -2.66. The molecule has 0 unspecified atom stereocenters. The van der Waals surface area contributed by atoms with Crippen LogP contribution in [0, 0.1) is 6.92 Å². The highest BCUT2D eigenvalue weighted by Gasteiger charge is 2.06. The van der Waals surface area contributed by atoms with Gasteiger partial charge in [0, 0.05) is 16.4 Å². The van der Waals surface area contributed by atoms with Gasteiger partial charge >= 0.3 is 0 Å². The molecule has 25 heavy (non-hydrogen) atoms. The Labute approximate surface area is 152 Å². The summed E-state index contributed by atoms with van der Waals surface area (Å²) in [5, 5.41) is 7.37. The number of rotatable bonds is 6. The van der Waals surface area contributed by atoms with E-state index in [1.807, 2.05) is 31.2 Å². The molecule has 2 amide bonds. The number of hydrogen-bond acceptors (Lipinski definition) is 3. The largest absolute Gasteiger partial charge is 0.326 e. The van der Waals surface area contributed by atoms with Crippen LogP contribution in [-0.4, -0.2) is 17.5 Å². The third-order valence-electron chi connectivity index (χ3n) is 3.40. The molecule has 0 saturated carbocycles. The predicted octanol–water partition coefficient (Wildman–Crippen LogP) is 3.71.